The van der Waals surface area contributed by atoms with Gasteiger partial charge in [-0.15, -0.1) is 0 Å². The Morgan fingerprint density at radius 3 is 2.79 bits per heavy atom. The van der Waals surface area contributed by atoms with Crippen LogP contribution in [0, 0.1) is 5.92 Å². The summed E-state index contributed by atoms with van der Waals surface area (Å²) in [5, 5.41) is 12.0. The van der Waals surface area contributed by atoms with Gasteiger partial charge in [-0.3, -0.25) is 4.79 Å². The second kappa shape index (κ2) is 9.27. The van der Waals surface area contributed by atoms with Crippen molar-refractivity contribution in [3.63, 3.8) is 0 Å². The fourth-order valence-corrected chi connectivity index (χ4v) is 2.92. The number of urea groups is 1. The maximum Gasteiger partial charge on any atom is 0.317 e. The van der Waals surface area contributed by atoms with Crippen molar-refractivity contribution in [2.75, 3.05) is 33.3 Å². The van der Waals surface area contributed by atoms with E-state index in [9.17, 15) is 14.7 Å². The van der Waals surface area contributed by atoms with Gasteiger partial charge in [-0.05, 0) is 24.3 Å². The summed E-state index contributed by atoms with van der Waals surface area (Å²) in [6.45, 7) is 2.32. The minimum absolute atomic E-state index is 0.00559. The lowest BCUT2D eigenvalue weighted by atomic mass is 9.99. The standard InChI is InChI=1S/C18H27N3O3/c1-20(12-15-6-3-2-4-7-15)17(23)9-10-19-18(24)21-11-5-8-16(13-21)14-22/h2-4,6-7,16,22H,5,8-14H2,1H3,(H,19,24). The molecule has 1 aliphatic heterocycles. The van der Waals surface area contributed by atoms with E-state index in [1.165, 1.54) is 0 Å². The molecule has 0 spiro atoms. The molecule has 1 heterocycles. The number of aliphatic hydroxyl groups excluding tert-OH is 1. The Morgan fingerprint density at radius 2 is 2.08 bits per heavy atom. The van der Waals surface area contributed by atoms with E-state index < -0.39 is 0 Å². The normalized spacial score (nSPS) is 17.4. The average molecular weight is 333 g/mol. The minimum Gasteiger partial charge on any atom is -0.396 e. The molecule has 24 heavy (non-hydrogen) atoms. The molecule has 6 heteroatoms. The molecule has 2 N–H and O–H groups in total. The van der Waals surface area contributed by atoms with E-state index in [1.54, 1.807) is 16.8 Å². The Bertz CT molecular complexity index is 536. The van der Waals surface area contributed by atoms with Crippen LogP contribution < -0.4 is 5.32 Å². The number of benzene rings is 1. The van der Waals surface area contributed by atoms with Crippen LogP contribution in [0.4, 0.5) is 4.79 Å². The van der Waals surface area contributed by atoms with Crippen molar-refractivity contribution in [2.24, 2.45) is 5.92 Å². The van der Waals surface area contributed by atoms with Gasteiger partial charge in [0.2, 0.25) is 5.91 Å². The number of rotatable bonds is 6. The van der Waals surface area contributed by atoms with Crippen LogP contribution in [0.1, 0.15) is 24.8 Å². The summed E-state index contributed by atoms with van der Waals surface area (Å²) < 4.78 is 0. The molecule has 0 radical (unpaired) electrons. The summed E-state index contributed by atoms with van der Waals surface area (Å²) >= 11 is 0. The predicted octanol–water partition coefficient (Wildman–Crippen LogP) is 1.45. The summed E-state index contributed by atoms with van der Waals surface area (Å²) in [6.07, 6.45) is 2.16. The number of nitrogens with one attached hydrogen (secondary N) is 1. The molecule has 1 aliphatic rings. The number of aliphatic hydroxyl groups is 1. The van der Waals surface area contributed by atoms with Crippen LogP contribution in [0.3, 0.4) is 0 Å². The molecular formula is C18H27N3O3. The van der Waals surface area contributed by atoms with Gasteiger partial charge in [0.25, 0.3) is 0 Å². The average Bonchev–Trinajstić information content (AvgIpc) is 2.62. The lowest BCUT2D eigenvalue weighted by Crippen LogP contribution is -2.46. The predicted molar refractivity (Wildman–Crippen MR) is 92.3 cm³/mol. The first-order valence-corrected chi connectivity index (χ1v) is 8.51. The summed E-state index contributed by atoms with van der Waals surface area (Å²) in [4.78, 5) is 27.6. The summed E-state index contributed by atoms with van der Waals surface area (Å²) in [5.41, 5.74) is 1.08. The highest BCUT2D eigenvalue weighted by Crippen LogP contribution is 2.15. The van der Waals surface area contributed by atoms with Crippen LogP contribution in [-0.2, 0) is 11.3 Å². The van der Waals surface area contributed by atoms with Crippen LogP contribution in [0.2, 0.25) is 0 Å². The topological polar surface area (TPSA) is 72.9 Å². The number of piperidine rings is 1. The maximum atomic E-state index is 12.1. The first kappa shape index (κ1) is 18.3. The van der Waals surface area contributed by atoms with Gasteiger partial charge in [-0.2, -0.15) is 0 Å². The highest BCUT2D eigenvalue weighted by Gasteiger charge is 2.23. The molecule has 3 amide bonds. The third kappa shape index (κ3) is 5.53. The van der Waals surface area contributed by atoms with Gasteiger partial charge in [0.15, 0.2) is 0 Å². The highest BCUT2D eigenvalue weighted by molar-refractivity contribution is 5.78. The van der Waals surface area contributed by atoms with E-state index in [0.717, 1.165) is 18.4 Å². The van der Waals surface area contributed by atoms with E-state index in [1.807, 2.05) is 30.3 Å². The van der Waals surface area contributed by atoms with Crippen molar-refractivity contribution < 1.29 is 14.7 Å². The van der Waals surface area contributed by atoms with Crippen molar-refractivity contribution in [1.82, 2.24) is 15.1 Å². The fraction of sp³-hybridized carbons (Fsp3) is 0.556. The van der Waals surface area contributed by atoms with E-state index in [0.29, 0.717) is 26.2 Å². The van der Waals surface area contributed by atoms with E-state index >= 15 is 0 Å². The molecule has 2 rings (SSSR count). The molecule has 0 aromatic heterocycles. The van der Waals surface area contributed by atoms with Gasteiger partial charge in [-0.1, -0.05) is 30.3 Å². The molecule has 0 saturated carbocycles. The zero-order valence-electron chi connectivity index (χ0n) is 14.3. The molecular weight excluding hydrogens is 306 g/mol. The fourth-order valence-electron chi connectivity index (χ4n) is 2.92. The second-order valence-electron chi connectivity index (χ2n) is 6.35. The zero-order valence-corrected chi connectivity index (χ0v) is 14.3. The lowest BCUT2D eigenvalue weighted by Gasteiger charge is -2.31. The van der Waals surface area contributed by atoms with Crippen LogP contribution >= 0.6 is 0 Å². The molecule has 1 atom stereocenters. The highest BCUT2D eigenvalue weighted by atomic mass is 16.3. The smallest absolute Gasteiger partial charge is 0.317 e. The van der Waals surface area contributed by atoms with Gasteiger partial charge < -0.3 is 20.2 Å². The Balaban J connectivity index is 1.69. The summed E-state index contributed by atoms with van der Waals surface area (Å²) in [5.74, 6) is 0.175. The molecule has 0 aliphatic carbocycles. The molecule has 1 unspecified atom stereocenters. The Labute approximate surface area is 143 Å². The van der Waals surface area contributed by atoms with Gasteiger partial charge in [0, 0.05) is 46.3 Å². The summed E-state index contributed by atoms with van der Waals surface area (Å²) in [7, 11) is 1.77. The second-order valence-corrected chi connectivity index (χ2v) is 6.35. The Kier molecular flexibility index (Phi) is 7.06. The number of likely N-dealkylation sites (tertiary alicyclic amines) is 1. The number of hydrogen-bond donors (Lipinski definition) is 2. The lowest BCUT2D eigenvalue weighted by molar-refractivity contribution is -0.130. The van der Waals surface area contributed by atoms with Crippen molar-refractivity contribution in [3.05, 3.63) is 35.9 Å². The molecule has 0 bridgehead atoms. The monoisotopic (exact) mass is 333 g/mol. The number of carbonyl (C=O) groups is 2. The first-order chi connectivity index (χ1) is 11.6. The van der Waals surface area contributed by atoms with Gasteiger partial charge in [0.05, 0.1) is 0 Å². The third-order valence-electron chi connectivity index (χ3n) is 4.37. The van der Waals surface area contributed by atoms with Gasteiger partial charge in [0.1, 0.15) is 0 Å². The van der Waals surface area contributed by atoms with Crippen molar-refractivity contribution in [3.8, 4) is 0 Å². The van der Waals surface area contributed by atoms with E-state index in [2.05, 4.69) is 5.32 Å². The van der Waals surface area contributed by atoms with E-state index in [4.69, 9.17) is 0 Å². The van der Waals surface area contributed by atoms with Crippen LogP contribution in [0.15, 0.2) is 30.3 Å². The van der Waals surface area contributed by atoms with Gasteiger partial charge >= 0.3 is 6.03 Å². The first-order valence-electron chi connectivity index (χ1n) is 8.51. The third-order valence-corrected chi connectivity index (χ3v) is 4.37. The van der Waals surface area contributed by atoms with Crippen molar-refractivity contribution in [2.45, 2.75) is 25.8 Å². The number of hydrogen-bond acceptors (Lipinski definition) is 3. The van der Waals surface area contributed by atoms with Gasteiger partial charge in [-0.25, -0.2) is 4.79 Å². The van der Waals surface area contributed by atoms with Crippen LogP contribution in [-0.4, -0.2) is 60.1 Å². The van der Waals surface area contributed by atoms with Crippen molar-refractivity contribution in [1.29, 1.82) is 0 Å². The van der Waals surface area contributed by atoms with Crippen molar-refractivity contribution >= 4 is 11.9 Å². The Hall–Kier alpha value is -2.08. The van der Waals surface area contributed by atoms with Crippen LogP contribution in [0.5, 0.6) is 0 Å². The largest absolute Gasteiger partial charge is 0.396 e. The summed E-state index contributed by atoms with van der Waals surface area (Å²) in [6, 6.07) is 9.67. The molecule has 6 nitrogen and oxygen atoms in total. The number of amides is 3. The minimum atomic E-state index is -0.147. The SMILES string of the molecule is CN(Cc1ccccc1)C(=O)CCNC(=O)N1CCCC(CO)C1. The molecule has 1 fully saturated rings. The maximum absolute atomic E-state index is 12.1. The number of carbonyl (C=O) groups excluding carboxylic acids is 2. The van der Waals surface area contributed by atoms with E-state index in [-0.39, 0.29) is 30.9 Å². The molecule has 1 saturated heterocycles. The number of nitrogens with zero attached hydrogens (tertiary/aromatic N) is 2. The molecule has 1 aromatic rings. The molecule has 132 valence electrons. The molecule has 1 aromatic carbocycles. The Morgan fingerprint density at radius 1 is 1.33 bits per heavy atom. The quantitative estimate of drug-likeness (QED) is 0.827. The zero-order chi connectivity index (χ0) is 17.4. The van der Waals surface area contributed by atoms with Crippen LogP contribution in [0.25, 0.3) is 0 Å².